The second-order valence-corrected chi connectivity index (χ2v) is 4.40. The molecule has 4 nitrogen and oxygen atoms in total. The Morgan fingerprint density at radius 3 is 2.62 bits per heavy atom. The highest BCUT2D eigenvalue weighted by molar-refractivity contribution is 5.89. The minimum absolute atomic E-state index is 0.699. The Hall–Kier alpha value is -3.01. The summed E-state index contributed by atoms with van der Waals surface area (Å²) in [5.74, 6) is 0.699. The van der Waals surface area contributed by atoms with E-state index in [2.05, 4.69) is 20.5 Å². The van der Waals surface area contributed by atoms with Crippen LogP contribution in [-0.4, -0.2) is 16.2 Å². The minimum Gasteiger partial charge on any atom is -0.261 e. The van der Waals surface area contributed by atoms with Gasteiger partial charge in [0.1, 0.15) is 6.33 Å². The molecule has 0 spiro atoms. The molecule has 1 aromatic heterocycles. The standard InChI is InChI=1S/C17H14N4/c1-2-7-14(8-3-1)9-6-12-20-21-17-15-10-4-5-11-16(15)18-13-19-17/h1-13H,(H,18,19,21)/b9-6+,20-12-. The molecular weight excluding hydrogens is 260 g/mol. The summed E-state index contributed by atoms with van der Waals surface area (Å²) < 4.78 is 0. The first-order valence-electron chi connectivity index (χ1n) is 6.64. The first kappa shape index (κ1) is 13.0. The number of para-hydroxylation sites is 1. The average Bonchev–Trinajstić information content (AvgIpc) is 2.56. The summed E-state index contributed by atoms with van der Waals surface area (Å²) >= 11 is 0. The molecule has 0 aliphatic rings. The van der Waals surface area contributed by atoms with E-state index >= 15 is 0 Å². The number of aromatic nitrogens is 2. The molecule has 102 valence electrons. The van der Waals surface area contributed by atoms with Crippen molar-refractivity contribution in [3.05, 3.63) is 72.6 Å². The number of benzene rings is 2. The number of hydrogen-bond donors (Lipinski definition) is 1. The van der Waals surface area contributed by atoms with Crippen LogP contribution in [0.2, 0.25) is 0 Å². The Balaban J connectivity index is 1.69. The van der Waals surface area contributed by atoms with Crippen molar-refractivity contribution < 1.29 is 0 Å². The predicted octanol–water partition coefficient (Wildman–Crippen LogP) is 3.74. The van der Waals surface area contributed by atoms with Crippen LogP contribution in [0.15, 0.2) is 72.1 Å². The summed E-state index contributed by atoms with van der Waals surface area (Å²) in [6.07, 6.45) is 7.10. The van der Waals surface area contributed by atoms with Gasteiger partial charge in [0.25, 0.3) is 0 Å². The quantitative estimate of drug-likeness (QED) is 0.582. The zero-order valence-electron chi connectivity index (χ0n) is 11.3. The number of hydrazone groups is 1. The lowest BCUT2D eigenvalue weighted by atomic mass is 10.2. The van der Waals surface area contributed by atoms with Crippen molar-refractivity contribution in [3.8, 4) is 0 Å². The van der Waals surface area contributed by atoms with Gasteiger partial charge in [-0.05, 0) is 23.8 Å². The largest absolute Gasteiger partial charge is 0.261 e. The minimum atomic E-state index is 0.699. The van der Waals surface area contributed by atoms with Crippen LogP contribution in [-0.2, 0) is 0 Å². The second-order valence-electron chi connectivity index (χ2n) is 4.40. The van der Waals surface area contributed by atoms with E-state index in [9.17, 15) is 0 Å². The summed E-state index contributed by atoms with van der Waals surface area (Å²) in [6.45, 7) is 0. The SMILES string of the molecule is C(/C=C/c1ccccc1)=N/Nc1ncnc2ccccc12. The van der Waals surface area contributed by atoms with E-state index < -0.39 is 0 Å². The molecule has 3 rings (SSSR count). The number of anilines is 1. The van der Waals surface area contributed by atoms with Crippen molar-refractivity contribution in [2.45, 2.75) is 0 Å². The third-order valence-electron chi connectivity index (χ3n) is 2.96. The summed E-state index contributed by atoms with van der Waals surface area (Å²) in [4.78, 5) is 8.41. The van der Waals surface area contributed by atoms with Crippen molar-refractivity contribution in [1.82, 2.24) is 9.97 Å². The van der Waals surface area contributed by atoms with Crippen molar-refractivity contribution in [1.29, 1.82) is 0 Å². The van der Waals surface area contributed by atoms with Gasteiger partial charge in [0, 0.05) is 11.6 Å². The van der Waals surface area contributed by atoms with Crippen molar-refractivity contribution >= 4 is 29.0 Å². The van der Waals surface area contributed by atoms with Gasteiger partial charge in [0.15, 0.2) is 5.82 Å². The summed E-state index contributed by atoms with van der Waals surface area (Å²) in [7, 11) is 0. The molecule has 1 heterocycles. The van der Waals surface area contributed by atoms with Gasteiger partial charge in [-0.15, -0.1) is 0 Å². The molecule has 0 atom stereocenters. The van der Waals surface area contributed by atoms with E-state index in [1.54, 1.807) is 6.21 Å². The number of nitrogens with zero attached hydrogens (tertiary/aromatic N) is 3. The molecule has 0 radical (unpaired) electrons. The number of hydrogen-bond acceptors (Lipinski definition) is 4. The van der Waals surface area contributed by atoms with Crippen LogP contribution >= 0.6 is 0 Å². The van der Waals surface area contributed by atoms with Crippen LogP contribution in [0.4, 0.5) is 5.82 Å². The maximum Gasteiger partial charge on any atom is 0.157 e. The number of allylic oxidation sites excluding steroid dienone is 1. The van der Waals surface area contributed by atoms with Crippen LogP contribution in [0.5, 0.6) is 0 Å². The topological polar surface area (TPSA) is 50.2 Å². The first-order chi connectivity index (χ1) is 10.4. The zero-order chi connectivity index (χ0) is 14.3. The van der Waals surface area contributed by atoms with Crippen LogP contribution in [0.1, 0.15) is 5.56 Å². The smallest absolute Gasteiger partial charge is 0.157 e. The third-order valence-corrected chi connectivity index (χ3v) is 2.96. The molecule has 0 saturated heterocycles. The van der Waals surface area contributed by atoms with E-state index in [1.807, 2.05) is 66.7 Å². The molecule has 0 aliphatic carbocycles. The summed E-state index contributed by atoms with van der Waals surface area (Å²) in [6, 6.07) is 17.9. The van der Waals surface area contributed by atoms with E-state index in [0.717, 1.165) is 16.5 Å². The molecule has 0 aliphatic heterocycles. The Kier molecular flexibility index (Phi) is 3.98. The molecule has 4 heteroatoms. The Morgan fingerprint density at radius 2 is 1.71 bits per heavy atom. The molecule has 0 amide bonds. The lowest BCUT2D eigenvalue weighted by molar-refractivity contribution is 1.18. The molecule has 0 bridgehead atoms. The van der Waals surface area contributed by atoms with Gasteiger partial charge < -0.3 is 0 Å². The Labute approximate surface area is 122 Å². The number of rotatable bonds is 4. The average molecular weight is 274 g/mol. The zero-order valence-corrected chi connectivity index (χ0v) is 11.3. The van der Waals surface area contributed by atoms with E-state index in [4.69, 9.17) is 0 Å². The van der Waals surface area contributed by atoms with Crippen LogP contribution in [0.25, 0.3) is 17.0 Å². The normalized spacial score (nSPS) is 11.4. The van der Waals surface area contributed by atoms with Crippen molar-refractivity contribution in [2.75, 3.05) is 5.43 Å². The predicted molar refractivity (Wildman–Crippen MR) is 87.1 cm³/mol. The monoisotopic (exact) mass is 274 g/mol. The van der Waals surface area contributed by atoms with Gasteiger partial charge in [-0.3, -0.25) is 5.43 Å². The maximum absolute atomic E-state index is 4.21. The molecular formula is C17H14N4. The van der Waals surface area contributed by atoms with Gasteiger partial charge >= 0.3 is 0 Å². The van der Waals surface area contributed by atoms with Crippen molar-refractivity contribution in [3.63, 3.8) is 0 Å². The summed E-state index contributed by atoms with van der Waals surface area (Å²) in [5, 5.41) is 5.10. The molecule has 21 heavy (non-hydrogen) atoms. The Bertz CT molecular complexity index is 774. The van der Waals surface area contributed by atoms with Gasteiger partial charge in [-0.1, -0.05) is 48.5 Å². The maximum atomic E-state index is 4.21. The van der Waals surface area contributed by atoms with Crippen LogP contribution in [0, 0.1) is 0 Å². The number of nitrogens with one attached hydrogen (secondary N) is 1. The Morgan fingerprint density at radius 1 is 0.905 bits per heavy atom. The molecule has 3 aromatic rings. The summed E-state index contributed by atoms with van der Waals surface area (Å²) in [5.41, 5.74) is 4.97. The van der Waals surface area contributed by atoms with Gasteiger partial charge in [-0.25, -0.2) is 9.97 Å². The van der Waals surface area contributed by atoms with E-state index in [0.29, 0.717) is 5.82 Å². The van der Waals surface area contributed by atoms with Gasteiger partial charge in [0.05, 0.1) is 5.52 Å². The second kappa shape index (κ2) is 6.43. The molecule has 1 N–H and O–H groups in total. The number of fused-ring (bicyclic) bond motifs is 1. The lowest BCUT2D eigenvalue weighted by Crippen LogP contribution is -1.94. The lowest BCUT2D eigenvalue weighted by Gasteiger charge is -2.02. The highest BCUT2D eigenvalue weighted by atomic mass is 15.3. The fourth-order valence-electron chi connectivity index (χ4n) is 1.95. The highest BCUT2D eigenvalue weighted by Gasteiger charge is 1.99. The third kappa shape index (κ3) is 3.30. The van der Waals surface area contributed by atoms with Crippen LogP contribution in [0.3, 0.4) is 0 Å². The van der Waals surface area contributed by atoms with Crippen molar-refractivity contribution in [2.24, 2.45) is 5.10 Å². The highest BCUT2D eigenvalue weighted by Crippen LogP contribution is 2.17. The van der Waals surface area contributed by atoms with Crippen LogP contribution < -0.4 is 5.43 Å². The van der Waals surface area contributed by atoms with Gasteiger partial charge in [-0.2, -0.15) is 5.10 Å². The molecule has 0 fully saturated rings. The fraction of sp³-hybridized carbons (Fsp3) is 0. The molecule has 0 saturated carbocycles. The van der Waals surface area contributed by atoms with Gasteiger partial charge in [0.2, 0.25) is 0 Å². The first-order valence-corrected chi connectivity index (χ1v) is 6.64. The fourth-order valence-corrected chi connectivity index (χ4v) is 1.95. The molecule has 0 unspecified atom stereocenters. The molecule has 2 aromatic carbocycles. The van der Waals surface area contributed by atoms with E-state index in [-0.39, 0.29) is 0 Å². The van der Waals surface area contributed by atoms with E-state index in [1.165, 1.54) is 6.33 Å².